The Balaban J connectivity index is 1.41. The van der Waals surface area contributed by atoms with Crippen molar-refractivity contribution < 1.29 is 22.6 Å². The number of likely N-dealkylation sites (N-methyl/N-ethyl adjacent to an activating group) is 1. The molecule has 8 heteroatoms. The molecule has 1 aliphatic rings. The molecule has 2 N–H and O–H groups in total. The van der Waals surface area contributed by atoms with Crippen LogP contribution in [-0.4, -0.2) is 63.7 Å². The topological polar surface area (TPSA) is 86.3 Å². The number of rotatable bonds is 7. The minimum absolute atomic E-state index is 0.0125. The van der Waals surface area contributed by atoms with Crippen molar-refractivity contribution in [2.45, 2.75) is 13.3 Å². The molecule has 5 rings (SSSR count). The summed E-state index contributed by atoms with van der Waals surface area (Å²) in [5.74, 6) is -0.613. The Morgan fingerprint density at radius 2 is 1.92 bits per heavy atom. The van der Waals surface area contributed by atoms with Crippen molar-refractivity contribution in [2.24, 2.45) is 0 Å². The van der Waals surface area contributed by atoms with E-state index in [1.807, 2.05) is 0 Å². The van der Waals surface area contributed by atoms with Gasteiger partial charge < -0.3 is 15.5 Å². The predicted octanol–water partition coefficient (Wildman–Crippen LogP) is 4.59. The zero-order valence-electron chi connectivity index (χ0n) is 32.6. The number of hydrogen-bond acceptors (Lipinski definition) is 7. The Bertz CT molecular complexity index is 1860. The van der Waals surface area contributed by atoms with Gasteiger partial charge >= 0.3 is 0 Å². The second kappa shape index (κ2) is 11.3. The Hall–Kier alpha value is -4.14. The lowest BCUT2D eigenvalue weighted by Crippen LogP contribution is -2.43. The summed E-state index contributed by atoms with van der Waals surface area (Å²) in [6.07, 6.45) is 4.71. The first-order valence-corrected chi connectivity index (χ1v) is 11.1. The van der Waals surface area contributed by atoms with E-state index < -0.39 is 45.2 Å². The molecule has 0 spiro atoms. The summed E-state index contributed by atoms with van der Waals surface area (Å²) in [5, 5.41) is 5.54. The lowest BCUT2D eigenvalue weighted by molar-refractivity contribution is 0.102. The van der Waals surface area contributed by atoms with Crippen LogP contribution in [0.2, 0.25) is 0 Å². The largest absolute Gasteiger partial charge is 0.324 e. The summed E-state index contributed by atoms with van der Waals surface area (Å²) in [7, 11) is 0.876. The molecule has 8 nitrogen and oxygen atoms in total. The quantitative estimate of drug-likeness (QED) is 0.379. The standard InChI is InChI=1S/C29H31N7O/c1-21-5-10-25(18-27(21)34-29-31-13-11-26(33-29)24-4-3-12-30-19-24)32-28(37)23-8-6-22(7-9-23)20-36-16-14-35(2)15-17-36/h3-13,18-19H,14-17,20H2,1-2H3,(H,32,37)(H,31,33,34)/i1D3,14D2,15D2,16D2,17D2,20D2. The van der Waals surface area contributed by atoms with Gasteiger partial charge in [-0.05, 0) is 67.5 Å². The molecular weight excluding hydrogens is 462 g/mol. The van der Waals surface area contributed by atoms with Gasteiger partial charge in [0.05, 0.1) is 5.69 Å². The van der Waals surface area contributed by atoms with Gasteiger partial charge in [-0.3, -0.25) is 14.7 Å². The molecule has 0 bridgehead atoms. The van der Waals surface area contributed by atoms with Crippen LogP contribution in [0.3, 0.4) is 0 Å². The van der Waals surface area contributed by atoms with Crippen molar-refractivity contribution in [1.82, 2.24) is 24.8 Å². The Labute approximate surface area is 235 Å². The summed E-state index contributed by atoms with van der Waals surface area (Å²) < 4.78 is 108. The van der Waals surface area contributed by atoms with E-state index in [1.54, 1.807) is 30.6 Å². The first-order valence-electron chi connectivity index (χ1n) is 17.6. The van der Waals surface area contributed by atoms with Crippen LogP contribution >= 0.6 is 0 Å². The Morgan fingerprint density at radius 1 is 1.08 bits per heavy atom. The molecular formula is C29H31N7O. The molecule has 37 heavy (non-hydrogen) atoms. The molecule has 3 heterocycles. The van der Waals surface area contributed by atoms with Crippen LogP contribution in [0.1, 0.15) is 39.3 Å². The number of piperazine rings is 1. The number of carbonyl (C=O) groups excluding carboxylic acids is 1. The normalized spacial score (nSPS) is 25.7. The van der Waals surface area contributed by atoms with E-state index in [4.69, 9.17) is 17.8 Å². The fraction of sp³-hybridized carbons (Fsp3) is 0.241. The van der Waals surface area contributed by atoms with Gasteiger partial charge in [-0.1, -0.05) is 18.2 Å². The number of hydrogen-bond donors (Lipinski definition) is 2. The molecule has 0 unspecified atom stereocenters. The van der Waals surface area contributed by atoms with Crippen LogP contribution in [0.5, 0.6) is 0 Å². The Kier molecular flexibility index (Phi) is 4.09. The first-order chi connectivity index (χ1) is 23.0. The van der Waals surface area contributed by atoms with Crippen molar-refractivity contribution in [3.05, 3.63) is 95.9 Å². The third-order valence-electron chi connectivity index (χ3n) is 5.18. The molecule has 0 radical (unpaired) electrons. The van der Waals surface area contributed by atoms with Gasteiger partial charge in [0.15, 0.2) is 0 Å². The van der Waals surface area contributed by atoms with E-state index in [2.05, 4.69) is 25.6 Å². The number of carbonyl (C=O) groups is 1. The molecule has 1 amide bonds. The average Bonchev–Trinajstić information content (AvgIpc) is 3.03. The molecule has 1 saturated heterocycles. The molecule has 2 aromatic heterocycles. The molecule has 1 aliphatic heterocycles. The van der Waals surface area contributed by atoms with Crippen LogP contribution in [0.15, 0.2) is 79.3 Å². The monoisotopic (exact) mass is 506 g/mol. The van der Waals surface area contributed by atoms with E-state index >= 15 is 0 Å². The lowest BCUT2D eigenvalue weighted by atomic mass is 10.1. The third-order valence-corrected chi connectivity index (χ3v) is 5.18. The maximum atomic E-state index is 13.2. The van der Waals surface area contributed by atoms with Crippen LogP contribution in [-0.2, 0) is 6.50 Å². The summed E-state index contributed by atoms with van der Waals surface area (Å²) in [6, 6.07) is 13.8. The highest BCUT2D eigenvalue weighted by Crippen LogP contribution is 2.24. The number of aromatic nitrogens is 3. The highest BCUT2D eigenvalue weighted by atomic mass is 16.1. The molecule has 0 aliphatic carbocycles. The van der Waals surface area contributed by atoms with E-state index in [1.165, 1.54) is 36.5 Å². The minimum atomic E-state index is -3.37. The molecule has 0 saturated carbocycles. The van der Waals surface area contributed by atoms with E-state index in [9.17, 15) is 4.79 Å². The molecule has 2 aromatic carbocycles. The van der Waals surface area contributed by atoms with Gasteiger partial charge in [0.1, 0.15) is 0 Å². The maximum absolute atomic E-state index is 13.2. The van der Waals surface area contributed by atoms with Gasteiger partial charge in [-0.25, -0.2) is 9.97 Å². The minimum Gasteiger partial charge on any atom is -0.324 e. The lowest BCUT2D eigenvalue weighted by Gasteiger charge is -2.32. The van der Waals surface area contributed by atoms with Crippen molar-refractivity contribution in [3.63, 3.8) is 0 Å². The van der Waals surface area contributed by atoms with E-state index in [0.717, 1.165) is 19.2 Å². The van der Waals surface area contributed by atoms with E-state index in [-0.39, 0.29) is 43.8 Å². The zero-order chi connectivity index (χ0) is 37.1. The zero-order valence-corrected chi connectivity index (χ0v) is 19.6. The van der Waals surface area contributed by atoms with E-state index in [0.29, 0.717) is 11.3 Å². The predicted molar refractivity (Wildman–Crippen MR) is 147 cm³/mol. The molecule has 4 aromatic rings. The van der Waals surface area contributed by atoms with Crippen molar-refractivity contribution >= 4 is 23.2 Å². The average molecular weight is 507 g/mol. The first kappa shape index (κ1) is 13.4. The Morgan fingerprint density at radius 3 is 2.68 bits per heavy atom. The summed E-state index contributed by atoms with van der Waals surface area (Å²) >= 11 is 0. The number of pyridine rings is 1. The summed E-state index contributed by atoms with van der Waals surface area (Å²) in [5.41, 5.74) is 1.04. The maximum Gasteiger partial charge on any atom is 0.255 e. The van der Waals surface area contributed by atoms with Gasteiger partial charge in [-0.15, -0.1) is 0 Å². The SMILES string of the molecule is [2H]C([2H])([2H])c1ccc(NC(=O)c2ccc(C([2H])([2H])N3C([2H])([2H])C([2H])([2H])N(C)C([2H])([2H])C3([2H])[2H])cc2)cc1Nc1nccc(-c2cccnc2)n1. The van der Waals surface area contributed by atoms with Crippen molar-refractivity contribution in [2.75, 3.05) is 43.7 Å². The number of anilines is 3. The summed E-state index contributed by atoms with van der Waals surface area (Å²) in [4.78, 5) is 26.1. The van der Waals surface area contributed by atoms with Crippen LogP contribution in [0.25, 0.3) is 11.3 Å². The number of benzene rings is 2. The second-order valence-electron chi connectivity index (χ2n) is 7.88. The number of nitrogens with zero attached hydrogens (tertiary/aromatic N) is 5. The van der Waals surface area contributed by atoms with Gasteiger partial charge in [-0.2, -0.15) is 0 Å². The van der Waals surface area contributed by atoms with Crippen LogP contribution < -0.4 is 10.6 Å². The third kappa shape index (κ3) is 6.35. The fourth-order valence-corrected chi connectivity index (χ4v) is 3.33. The summed E-state index contributed by atoms with van der Waals surface area (Å²) in [6.45, 7) is -18.7. The van der Waals surface area contributed by atoms with Gasteiger partial charge in [0.2, 0.25) is 5.95 Å². The molecule has 188 valence electrons. The van der Waals surface area contributed by atoms with Crippen LogP contribution in [0, 0.1) is 6.85 Å². The number of nitrogens with one attached hydrogen (secondary N) is 2. The van der Waals surface area contributed by atoms with Gasteiger partial charge in [0.25, 0.3) is 5.91 Å². The highest BCUT2D eigenvalue weighted by Gasteiger charge is 2.14. The fourth-order valence-electron chi connectivity index (χ4n) is 3.33. The van der Waals surface area contributed by atoms with Crippen molar-refractivity contribution in [3.8, 4) is 11.3 Å². The van der Waals surface area contributed by atoms with Crippen LogP contribution in [0.4, 0.5) is 17.3 Å². The van der Waals surface area contributed by atoms with Gasteiger partial charge in [0, 0.05) is 91.4 Å². The second-order valence-corrected chi connectivity index (χ2v) is 7.88. The number of aryl methyl sites for hydroxylation is 1. The molecule has 0 atom stereocenters. The number of amides is 1. The van der Waals surface area contributed by atoms with Crippen molar-refractivity contribution in [1.29, 1.82) is 0 Å². The molecule has 1 fully saturated rings. The smallest absolute Gasteiger partial charge is 0.255 e. The highest BCUT2D eigenvalue weighted by molar-refractivity contribution is 6.04.